The molecule has 3 aliphatic rings. The number of hydrogen-bond donors (Lipinski definition) is 0. The normalized spacial score (nSPS) is 27.7. The van der Waals surface area contributed by atoms with E-state index in [9.17, 15) is 4.79 Å². The van der Waals surface area contributed by atoms with Crippen LogP contribution in [0.1, 0.15) is 44.1 Å². The minimum absolute atomic E-state index is 0.168. The number of anilines is 1. The first kappa shape index (κ1) is 19.8. The van der Waals surface area contributed by atoms with Crippen LogP contribution in [0.5, 0.6) is 0 Å². The molecule has 0 N–H and O–H groups in total. The van der Waals surface area contributed by atoms with Crippen molar-refractivity contribution in [1.82, 2.24) is 4.90 Å². The van der Waals surface area contributed by atoms with E-state index in [1.54, 1.807) is 0 Å². The molecule has 1 aliphatic heterocycles. The summed E-state index contributed by atoms with van der Waals surface area (Å²) in [5.74, 6) is 0.168. The third-order valence-electron chi connectivity index (χ3n) is 7.35. The van der Waals surface area contributed by atoms with E-state index < -0.39 is 5.60 Å². The minimum atomic E-state index is -0.542. The predicted octanol–water partition coefficient (Wildman–Crippen LogP) is 4.44. The number of nitrogens with zero attached hydrogens (tertiary/aromatic N) is 2. The average molecular weight is 405 g/mol. The topological polar surface area (TPSA) is 32.8 Å². The Bertz CT molecular complexity index is 870. The standard InChI is InChI=1S/C26H32N2O2/c1-27(19-14-21-8-4-2-5-9-21)22-12-15-25(16-13-22)20-28(23-10-6-3-7-11-23)24(29)26(30-25)17-18-26/h2-11,22H,12-20H2,1H3/t22-,25-. The third-order valence-corrected chi connectivity index (χ3v) is 7.35. The summed E-state index contributed by atoms with van der Waals surface area (Å²) < 4.78 is 6.62. The zero-order valence-corrected chi connectivity index (χ0v) is 17.9. The van der Waals surface area contributed by atoms with E-state index in [1.807, 2.05) is 23.1 Å². The van der Waals surface area contributed by atoms with E-state index in [2.05, 4.69) is 54.4 Å². The van der Waals surface area contributed by atoms with Gasteiger partial charge in [0.25, 0.3) is 5.91 Å². The molecule has 1 amide bonds. The van der Waals surface area contributed by atoms with Gasteiger partial charge in [-0.15, -0.1) is 0 Å². The van der Waals surface area contributed by atoms with Gasteiger partial charge in [0.15, 0.2) is 0 Å². The lowest BCUT2D eigenvalue weighted by molar-refractivity contribution is -0.171. The van der Waals surface area contributed by atoms with Crippen LogP contribution in [0.3, 0.4) is 0 Å². The quantitative estimate of drug-likeness (QED) is 0.739. The number of carbonyl (C=O) groups is 1. The second kappa shape index (κ2) is 7.82. The number of carbonyl (C=O) groups excluding carboxylic acids is 1. The molecule has 2 saturated carbocycles. The Morgan fingerprint density at radius 3 is 2.23 bits per heavy atom. The van der Waals surface area contributed by atoms with Crippen molar-refractivity contribution in [3.63, 3.8) is 0 Å². The maximum Gasteiger partial charge on any atom is 0.259 e. The number of amides is 1. The van der Waals surface area contributed by atoms with Gasteiger partial charge in [0.2, 0.25) is 0 Å². The Kier molecular flexibility index (Phi) is 5.16. The van der Waals surface area contributed by atoms with Crippen molar-refractivity contribution in [1.29, 1.82) is 0 Å². The van der Waals surface area contributed by atoms with Crippen LogP contribution in [0, 0.1) is 0 Å². The van der Waals surface area contributed by atoms with Gasteiger partial charge in [-0.3, -0.25) is 4.79 Å². The first-order valence-electron chi connectivity index (χ1n) is 11.4. The summed E-state index contributed by atoms with van der Waals surface area (Å²) in [5.41, 5.74) is 1.69. The van der Waals surface area contributed by atoms with Crippen LogP contribution in [-0.4, -0.2) is 48.2 Å². The first-order valence-corrected chi connectivity index (χ1v) is 11.4. The number of ether oxygens (including phenoxy) is 1. The summed E-state index contributed by atoms with van der Waals surface area (Å²) in [6, 6.07) is 21.5. The second-order valence-electron chi connectivity index (χ2n) is 9.45. The van der Waals surface area contributed by atoms with Gasteiger partial charge in [0, 0.05) is 18.3 Å². The third kappa shape index (κ3) is 3.79. The van der Waals surface area contributed by atoms with E-state index in [0.717, 1.165) is 57.2 Å². The smallest absolute Gasteiger partial charge is 0.259 e. The fourth-order valence-corrected chi connectivity index (χ4v) is 5.30. The van der Waals surface area contributed by atoms with Crippen molar-refractivity contribution in [2.75, 3.05) is 25.0 Å². The molecule has 0 unspecified atom stereocenters. The summed E-state index contributed by atoms with van der Waals surface area (Å²) in [6.07, 6.45) is 7.18. The Balaban J connectivity index is 1.24. The molecule has 158 valence electrons. The number of morpholine rings is 1. The molecule has 1 heterocycles. The van der Waals surface area contributed by atoms with Crippen LogP contribution < -0.4 is 4.90 Å². The monoisotopic (exact) mass is 404 g/mol. The Hall–Kier alpha value is -2.17. The zero-order valence-electron chi connectivity index (χ0n) is 17.9. The van der Waals surface area contributed by atoms with Gasteiger partial charge in [0.05, 0.1) is 12.1 Å². The summed E-state index contributed by atoms with van der Waals surface area (Å²) in [7, 11) is 2.26. The molecule has 2 aromatic carbocycles. The van der Waals surface area contributed by atoms with E-state index in [4.69, 9.17) is 4.74 Å². The van der Waals surface area contributed by atoms with Gasteiger partial charge < -0.3 is 14.5 Å². The molecule has 30 heavy (non-hydrogen) atoms. The van der Waals surface area contributed by atoms with Gasteiger partial charge in [0.1, 0.15) is 5.60 Å². The molecule has 4 heteroatoms. The fourth-order valence-electron chi connectivity index (χ4n) is 5.30. The number of rotatable bonds is 5. The molecular weight excluding hydrogens is 372 g/mol. The van der Waals surface area contributed by atoms with Crippen LogP contribution in [0.4, 0.5) is 5.69 Å². The Morgan fingerprint density at radius 1 is 0.967 bits per heavy atom. The highest BCUT2D eigenvalue weighted by Gasteiger charge is 2.62. The Labute approximate surface area is 179 Å². The van der Waals surface area contributed by atoms with Gasteiger partial charge in [-0.1, -0.05) is 48.5 Å². The van der Waals surface area contributed by atoms with Crippen molar-refractivity contribution in [2.24, 2.45) is 0 Å². The van der Waals surface area contributed by atoms with Crippen LogP contribution in [0.2, 0.25) is 0 Å². The molecule has 5 rings (SSSR count). The highest BCUT2D eigenvalue weighted by atomic mass is 16.5. The predicted molar refractivity (Wildman–Crippen MR) is 120 cm³/mol. The van der Waals surface area contributed by atoms with Crippen molar-refractivity contribution in [3.05, 3.63) is 66.2 Å². The second-order valence-corrected chi connectivity index (χ2v) is 9.45. The maximum absolute atomic E-state index is 13.1. The van der Waals surface area contributed by atoms with Gasteiger partial charge in [-0.05, 0) is 69.7 Å². The van der Waals surface area contributed by atoms with Crippen molar-refractivity contribution in [2.45, 2.75) is 62.2 Å². The average Bonchev–Trinajstić information content (AvgIpc) is 3.56. The first-order chi connectivity index (χ1) is 14.6. The largest absolute Gasteiger partial charge is 0.357 e. The van der Waals surface area contributed by atoms with Gasteiger partial charge >= 0.3 is 0 Å². The lowest BCUT2D eigenvalue weighted by Crippen LogP contribution is -2.62. The van der Waals surface area contributed by atoms with Crippen LogP contribution in [0.15, 0.2) is 60.7 Å². The minimum Gasteiger partial charge on any atom is -0.357 e. The van der Waals surface area contributed by atoms with Crippen LogP contribution in [-0.2, 0) is 16.0 Å². The molecule has 4 nitrogen and oxygen atoms in total. The number of hydrogen-bond acceptors (Lipinski definition) is 3. The zero-order chi connectivity index (χ0) is 20.6. The molecule has 2 spiro atoms. The molecule has 0 bridgehead atoms. The van der Waals surface area contributed by atoms with Gasteiger partial charge in [-0.2, -0.15) is 0 Å². The number of para-hydroxylation sites is 1. The fraction of sp³-hybridized carbons (Fsp3) is 0.500. The summed E-state index contributed by atoms with van der Waals surface area (Å²) in [4.78, 5) is 17.7. The van der Waals surface area contributed by atoms with Crippen molar-refractivity contribution < 1.29 is 9.53 Å². The van der Waals surface area contributed by atoms with E-state index >= 15 is 0 Å². The van der Waals surface area contributed by atoms with E-state index in [-0.39, 0.29) is 11.5 Å². The number of likely N-dealkylation sites (N-methyl/N-ethyl adjacent to an activating group) is 1. The SMILES string of the molecule is CN(CCc1ccccc1)[C@H]1CC[C@]2(CC1)CN(c1ccccc1)C(=O)C1(CC1)O2. The molecule has 0 aromatic heterocycles. The Morgan fingerprint density at radius 2 is 1.60 bits per heavy atom. The highest BCUT2D eigenvalue weighted by molar-refractivity contribution is 6.02. The van der Waals surface area contributed by atoms with Gasteiger partial charge in [-0.25, -0.2) is 0 Å². The molecule has 2 aromatic rings. The van der Waals surface area contributed by atoms with Crippen LogP contribution in [0.25, 0.3) is 0 Å². The van der Waals surface area contributed by atoms with E-state index in [1.165, 1.54) is 5.56 Å². The van der Waals surface area contributed by atoms with Crippen molar-refractivity contribution >= 4 is 11.6 Å². The van der Waals surface area contributed by atoms with Crippen molar-refractivity contribution in [3.8, 4) is 0 Å². The molecule has 1 saturated heterocycles. The summed E-state index contributed by atoms with van der Waals surface area (Å²) >= 11 is 0. The lowest BCUT2D eigenvalue weighted by Gasteiger charge is -2.50. The van der Waals surface area contributed by atoms with Crippen LogP contribution >= 0.6 is 0 Å². The highest BCUT2D eigenvalue weighted by Crippen LogP contribution is 2.51. The summed E-state index contributed by atoms with van der Waals surface area (Å²) in [6.45, 7) is 1.78. The summed E-state index contributed by atoms with van der Waals surface area (Å²) in [5, 5.41) is 0. The molecular formula is C26H32N2O2. The molecule has 3 fully saturated rings. The molecule has 0 atom stereocenters. The number of benzene rings is 2. The van der Waals surface area contributed by atoms with E-state index in [0.29, 0.717) is 12.6 Å². The molecule has 0 radical (unpaired) electrons. The maximum atomic E-state index is 13.1. The molecule has 2 aliphatic carbocycles. The lowest BCUT2D eigenvalue weighted by atomic mass is 9.79.